The first kappa shape index (κ1) is 29.5. The van der Waals surface area contributed by atoms with E-state index < -0.39 is 17.8 Å². The van der Waals surface area contributed by atoms with Crippen LogP contribution in [0.3, 0.4) is 0 Å². The second-order valence-electron chi connectivity index (χ2n) is 11.5. The van der Waals surface area contributed by atoms with E-state index in [2.05, 4.69) is 22.1 Å². The first-order valence-corrected chi connectivity index (χ1v) is 15.2. The molecule has 1 N–H and O–H groups in total. The molecule has 2 fully saturated rings. The third kappa shape index (κ3) is 5.49. The summed E-state index contributed by atoms with van der Waals surface area (Å²) in [4.78, 5) is 8.97. The summed E-state index contributed by atoms with van der Waals surface area (Å²) in [6.07, 6.45) is -0.518. The van der Waals surface area contributed by atoms with Gasteiger partial charge in [0.2, 0.25) is 0 Å². The first-order valence-electron chi connectivity index (χ1n) is 14.4. The number of hydrogen-bond donors (Lipinski definition) is 1. The summed E-state index contributed by atoms with van der Waals surface area (Å²) < 4.78 is 43.9. The van der Waals surface area contributed by atoms with Crippen molar-refractivity contribution in [2.75, 3.05) is 22.9 Å². The predicted molar refractivity (Wildman–Crippen MR) is 170 cm³/mol. The van der Waals surface area contributed by atoms with Crippen molar-refractivity contribution in [1.29, 1.82) is 0 Å². The molecule has 43 heavy (non-hydrogen) atoms. The molecule has 0 aliphatic carbocycles. The Labute approximate surface area is 260 Å². The van der Waals surface area contributed by atoms with Gasteiger partial charge < -0.3 is 19.7 Å². The van der Waals surface area contributed by atoms with Crippen molar-refractivity contribution in [1.82, 2.24) is 14.9 Å². The first-order chi connectivity index (χ1) is 20.5. The standard InChI is InChI=1S/C33H33ClF3N5S/c1-20-13-16-40(17-14-20)29-12-11-23(19-26(29)34)42-31(30(39-32(42)43)27-9-6-7-15-38-27)24-18-21(2)41(22(24)3)28-10-5-4-8-25(28)33(35,36)37/h4-12,15,18-20,30-31H,13-14,16-17H2,1-3H3,(H,39,43)/t30-,31+/m1/s1. The van der Waals surface area contributed by atoms with E-state index in [1.807, 2.05) is 61.2 Å². The normalized spacial score (nSPS) is 19.7. The molecule has 10 heteroatoms. The van der Waals surface area contributed by atoms with E-state index >= 15 is 0 Å². The Morgan fingerprint density at radius 1 is 0.953 bits per heavy atom. The van der Waals surface area contributed by atoms with Gasteiger partial charge in [0.15, 0.2) is 5.11 Å². The van der Waals surface area contributed by atoms with Gasteiger partial charge in [0.1, 0.15) is 0 Å². The minimum Gasteiger partial charge on any atom is -0.370 e. The molecule has 4 heterocycles. The van der Waals surface area contributed by atoms with Crippen LogP contribution in [0.15, 0.2) is 72.9 Å². The highest BCUT2D eigenvalue weighted by molar-refractivity contribution is 7.80. The third-order valence-corrected chi connectivity index (χ3v) is 9.29. The van der Waals surface area contributed by atoms with E-state index in [1.54, 1.807) is 16.8 Å². The molecule has 2 aromatic heterocycles. The Morgan fingerprint density at radius 2 is 1.67 bits per heavy atom. The predicted octanol–water partition coefficient (Wildman–Crippen LogP) is 8.57. The molecule has 0 radical (unpaired) electrons. The van der Waals surface area contributed by atoms with Crippen molar-refractivity contribution >= 4 is 40.3 Å². The second-order valence-corrected chi connectivity index (χ2v) is 12.3. The number of aromatic nitrogens is 2. The lowest BCUT2D eigenvalue weighted by atomic mass is 9.96. The van der Waals surface area contributed by atoms with Gasteiger partial charge in [-0.2, -0.15) is 13.2 Å². The summed E-state index contributed by atoms with van der Waals surface area (Å²) in [5.41, 5.74) is 4.22. The number of nitrogens with zero attached hydrogens (tertiary/aromatic N) is 4. The topological polar surface area (TPSA) is 36.3 Å². The lowest BCUT2D eigenvalue weighted by Crippen LogP contribution is -2.33. The monoisotopic (exact) mass is 623 g/mol. The number of anilines is 2. The number of thiocarbonyl (C=S) groups is 1. The Balaban J connectivity index is 1.46. The summed E-state index contributed by atoms with van der Waals surface area (Å²) in [5.74, 6) is 0.703. The molecule has 0 amide bonds. The number of nitrogens with one attached hydrogen (secondary N) is 1. The van der Waals surface area contributed by atoms with E-state index in [4.69, 9.17) is 23.8 Å². The molecule has 2 saturated heterocycles. The number of rotatable bonds is 5. The highest BCUT2D eigenvalue weighted by atomic mass is 35.5. The van der Waals surface area contributed by atoms with E-state index in [-0.39, 0.29) is 11.7 Å². The van der Waals surface area contributed by atoms with Crippen LogP contribution in [0.1, 0.15) is 60.1 Å². The third-order valence-electron chi connectivity index (χ3n) is 8.67. The molecule has 2 atom stereocenters. The van der Waals surface area contributed by atoms with Crippen LogP contribution in [-0.2, 0) is 6.18 Å². The zero-order valence-electron chi connectivity index (χ0n) is 24.2. The van der Waals surface area contributed by atoms with Gasteiger partial charge in [-0.3, -0.25) is 4.98 Å². The molecule has 0 saturated carbocycles. The number of pyridine rings is 1. The number of piperidine rings is 1. The zero-order valence-corrected chi connectivity index (χ0v) is 25.8. The van der Waals surface area contributed by atoms with Gasteiger partial charge in [-0.1, -0.05) is 36.7 Å². The maximum Gasteiger partial charge on any atom is 0.418 e. The molecule has 0 unspecified atom stereocenters. The van der Waals surface area contributed by atoms with Crippen LogP contribution < -0.4 is 15.1 Å². The maximum absolute atomic E-state index is 14.1. The summed E-state index contributed by atoms with van der Waals surface area (Å²) in [7, 11) is 0. The largest absolute Gasteiger partial charge is 0.418 e. The molecule has 2 aliphatic rings. The Bertz CT molecular complexity index is 1650. The van der Waals surface area contributed by atoms with Crippen LogP contribution in [0.25, 0.3) is 5.69 Å². The van der Waals surface area contributed by atoms with Crippen LogP contribution >= 0.6 is 23.8 Å². The SMILES string of the molecule is Cc1cc([C@H]2[C@@H](c3ccccn3)NC(=S)N2c2ccc(N3CCC(C)CC3)c(Cl)c2)c(C)n1-c1ccccc1C(F)(F)F. The zero-order chi connectivity index (χ0) is 30.5. The van der Waals surface area contributed by atoms with Gasteiger partial charge in [0, 0.05) is 36.4 Å². The molecule has 224 valence electrons. The molecular formula is C33H33ClF3N5S. The Kier molecular flexibility index (Phi) is 7.89. The van der Waals surface area contributed by atoms with Crippen LogP contribution in [0.2, 0.25) is 5.02 Å². The average molecular weight is 624 g/mol. The molecule has 6 rings (SSSR count). The van der Waals surface area contributed by atoms with Gasteiger partial charge in [-0.15, -0.1) is 0 Å². The van der Waals surface area contributed by atoms with Crippen molar-refractivity contribution in [3.05, 3.63) is 106 Å². The van der Waals surface area contributed by atoms with E-state index in [1.165, 1.54) is 12.1 Å². The molecule has 5 nitrogen and oxygen atoms in total. The number of benzene rings is 2. The van der Waals surface area contributed by atoms with Crippen LogP contribution in [0, 0.1) is 19.8 Å². The highest BCUT2D eigenvalue weighted by Gasteiger charge is 2.43. The summed E-state index contributed by atoms with van der Waals surface area (Å²) in [5, 5.41) is 4.59. The van der Waals surface area contributed by atoms with Gasteiger partial charge in [0.25, 0.3) is 0 Å². The van der Waals surface area contributed by atoms with Crippen molar-refractivity contribution in [2.24, 2.45) is 5.92 Å². The number of alkyl halides is 3. The molecular weight excluding hydrogens is 591 g/mol. The lowest BCUT2D eigenvalue weighted by Gasteiger charge is -2.33. The molecule has 2 aromatic carbocycles. The lowest BCUT2D eigenvalue weighted by molar-refractivity contribution is -0.137. The number of hydrogen-bond acceptors (Lipinski definition) is 3. The van der Waals surface area contributed by atoms with Gasteiger partial charge in [-0.25, -0.2) is 0 Å². The van der Waals surface area contributed by atoms with Gasteiger partial charge in [0.05, 0.1) is 39.7 Å². The minimum absolute atomic E-state index is 0.0916. The highest BCUT2D eigenvalue weighted by Crippen LogP contribution is 2.46. The molecule has 2 aliphatic heterocycles. The molecule has 0 bridgehead atoms. The number of aryl methyl sites for hydroxylation is 1. The maximum atomic E-state index is 14.1. The Hall–Kier alpha value is -3.56. The summed E-state index contributed by atoms with van der Waals surface area (Å²) in [6, 6.07) is 18.6. The van der Waals surface area contributed by atoms with Gasteiger partial charge in [-0.05, 0) is 98.9 Å². The van der Waals surface area contributed by atoms with E-state index in [0.717, 1.165) is 54.6 Å². The molecule has 0 spiro atoms. The fourth-order valence-corrected chi connectivity index (χ4v) is 7.11. The number of para-hydroxylation sites is 1. The Morgan fingerprint density at radius 3 is 2.35 bits per heavy atom. The number of halogens is 4. The molecule has 4 aromatic rings. The van der Waals surface area contributed by atoms with Crippen LogP contribution in [-0.4, -0.2) is 27.8 Å². The quantitative estimate of drug-likeness (QED) is 0.225. The van der Waals surface area contributed by atoms with Crippen molar-refractivity contribution in [3.63, 3.8) is 0 Å². The minimum atomic E-state index is -4.50. The van der Waals surface area contributed by atoms with E-state index in [9.17, 15) is 13.2 Å². The van der Waals surface area contributed by atoms with Crippen molar-refractivity contribution in [2.45, 2.75) is 51.9 Å². The fourth-order valence-electron chi connectivity index (χ4n) is 6.47. The second kappa shape index (κ2) is 11.5. The summed E-state index contributed by atoms with van der Waals surface area (Å²) in [6.45, 7) is 7.88. The fraction of sp³-hybridized carbons (Fsp3) is 0.333. The van der Waals surface area contributed by atoms with Crippen LogP contribution in [0.4, 0.5) is 24.5 Å². The van der Waals surface area contributed by atoms with Crippen LogP contribution in [0.5, 0.6) is 0 Å². The van der Waals surface area contributed by atoms with E-state index in [0.29, 0.717) is 27.4 Å². The van der Waals surface area contributed by atoms with Crippen molar-refractivity contribution in [3.8, 4) is 5.69 Å². The summed E-state index contributed by atoms with van der Waals surface area (Å²) >= 11 is 12.8. The van der Waals surface area contributed by atoms with Gasteiger partial charge >= 0.3 is 6.18 Å². The van der Waals surface area contributed by atoms with Crippen molar-refractivity contribution < 1.29 is 13.2 Å². The average Bonchev–Trinajstić information content (AvgIpc) is 3.48. The smallest absolute Gasteiger partial charge is 0.370 e.